The van der Waals surface area contributed by atoms with Crippen molar-refractivity contribution in [1.82, 2.24) is 29.4 Å². The van der Waals surface area contributed by atoms with Crippen LogP contribution in [-0.4, -0.2) is 55.0 Å². The maximum absolute atomic E-state index is 12.9. The van der Waals surface area contributed by atoms with E-state index in [0.29, 0.717) is 34.1 Å². The molecule has 3 aromatic heterocycles. The number of allylic oxidation sites excluding steroid dienone is 1. The third-order valence-corrected chi connectivity index (χ3v) is 7.49. The summed E-state index contributed by atoms with van der Waals surface area (Å²) < 4.78 is 27.2. The first-order valence-corrected chi connectivity index (χ1v) is 14.5. The molecule has 1 aliphatic heterocycles. The molecule has 3 aromatic rings. The number of nitrogens with zero attached hydrogens (tertiary/aromatic N) is 6. The third kappa shape index (κ3) is 7.81. The highest BCUT2D eigenvalue weighted by Crippen LogP contribution is 2.29. The Kier molecular flexibility index (Phi) is 11.8. The van der Waals surface area contributed by atoms with Gasteiger partial charge < -0.3 is 15.2 Å². The highest BCUT2D eigenvalue weighted by molar-refractivity contribution is 5.86. The lowest BCUT2D eigenvalue weighted by atomic mass is 9.93. The molecule has 9 heteroatoms. The van der Waals surface area contributed by atoms with Gasteiger partial charge in [0.05, 0.1) is 17.9 Å². The molecule has 0 spiro atoms. The molecule has 1 saturated heterocycles. The van der Waals surface area contributed by atoms with Crippen LogP contribution < -0.4 is 5.73 Å². The number of piperidine rings is 1. The van der Waals surface area contributed by atoms with Crippen LogP contribution in [0.4, 0.5) is 14.6 Å². The van der Waals surface area contributed by atoms with E-state index in [9.17, 15) is 8.78 Å². The Morgan fingerprint density at radius 2 is 1.67 bits per heavy atom. The van der Waals surface area contributed by atoms with Gasteiger partial charge in [0.25, 0.3) is 6.43 Å². The average Bonchev–Trinajstić information content (AvgIpc) is 3.26. The van der Waals surface area contributed by atoms with E-state index in [0.717, 1.165) is 17.3 Å². The fourth-order valence-electron chi connectivity index (χ4n) is 5.60. The first-order valence-electron chi connectivity index (χ1n) is 14.5. The quantitative estimate of drug-likeness (QED) is 0.375. The molecule has 0 bridgehead atoms. The van der Waals surface area contributed by atoms with Crippen LogP contribution in [-0.2, 0) is 6.54 Å². The number of aryl methyl sites for hydroxylation is 2. The van der Waals surface area contributed by atoms with Crippen molar-refractivity contribution in [2.45, 2.75) is 105 Å². The molecule has 7 nitrogen and oxygen atoms in total. The Hall–Kier alpha value is -2.94. The van der Waals surface area contributed by atoms with Crippen molar-refractivity contribution in [3.63, 3.8) is 0 Å². The minimum absolute atomic E-state index is 0.347. The van der Waals surface area contributed by atoms with Crippen molar-refractivity contribution in [2.24, 2.45) is 0 Å². The first kappa shape index (κ1) is 30.6. The zero-order valence-electron chi connectivity index (χ0n) is 24.3. The van der Waals surface area contributed by atoms with Crippen LogP contribution in [0.2, 0.25) is 0 Å². The Morgan fingerprint density at radius 3 is 2.28 bits per heavy atom. The Morgan fingerprint density at radius 1 is 1.00 bits per heavy atom. The lowest BCUT2D eigenvalue weighted by Crippen LogP contribution is -2.40. The molecule has 2 fully saturated rings. The number of hydrogen-bond donors (Lipinski definition) is 1. The predicted molar refractivity (Wildman–Crippen MR) is 156 cm³/mol. The SMILES string of the molecule is C/C=C(/c1ccc2nc(C)n(CC(F)F)c2n1)c1c(C)ncnc1N.C1CCC(N2CCCCC2)CC1.CC. The number of likely N-dealkylation sites (tertiary alicyclic amines) is 1. The second-order valence-electron chi connectivity index (χ2n) is 10.0. The van der Waals surface area contributed by atoms with Gasteiger partial charge >= 0.3 is 0 Å². The molecule has 0 radical (unpaired) electrons. The maximum Gasteiger partial charge on any atom is 0.256 e. The van der Waals surface area contributed by atoms with Crippen molar-refractivity contribution in [3.8, 4) is 0 Å². The van der Waals surface area contributed by atoms with Crippen LogP contribution in [0.3, 0.4) is 0 Å². The van der Waals surface area contributed by atoms with E-state index < -0.39 is 13.0 Å². The van der Waals surface area contributed by atoms with E-state index in [1.54, 1.807) is 19.1 Å². The molecular weight excluding hydrogens is 496 g/mol. The number of anilines is 1. The summed E-state index contributed by atoms with van der Waals surface area (Å²) in [6, 6.07) is 4.53. The number of aromatic nitrogens is 5. The van der Waals surface area contributed by atoms with Gasteiger partial charge in [-0.2, -0.15) is 0 Å². The van der Waals surface area contributed by atoms with E-state index in [-0.39, 0.29) is 0 Å². The molecule has 39 heavy (non-hydrogen) atoms. The second-order valence-corrected chi connectivity index (χ2v) is 10.0. The molecule has 1 aliphatic carbocycles. The Balaban J connectivity index is 0.000000250. The smallest absolute Gasteiger partial charge is 0.256 e. The highest BCUT2D eigenvalue weighted by Gasteiger charge is 2.22. The molecular formula is C30H45F2N7. The normalized spacial score (nSPS) is 17.0. The van der Waals surface area contributed by atoms with E-state index in [1.165, 1.54) is 75.4 Å². The first-order chi connectivity index (χ1) is 18.9. The summed E-state index contributed by atoms with van der Waals surface area (Å²) in [5.74, 6) is 0.848. The summed E-state index contributed by atoms with van der Waals surface area (Å²) in [4.78, 5) is 19.8. The largest absolute Gasteiger partial charge is 0.383 e. The number of alkyl halides is 2. The van der Waals surface area contributed by atoms with Crippen molar-refractivity contribution in [2.75, 3.05) is 18.8 Å². The molecule has 0 aromatic carbocycles. The van der Waals surface area contributed by atoms with Gasteiger partial charge in [-0.25, -0.2) is 28.7 Å². The Bertz CT molecular complexity index is 1170. The number of nitrogens with two attached hydrogens (primary N) is 1. The second kappa shape index (κ2) is 15.0. The van der Waals surface area contributed by atoms with Crippen molar-refractivity contribution in [3.05, 3.63) is 47.3 Å². The van der Waals surface area contributed by atoms with E-state index >= 15 is 0 Å². The number of hydrogen-bond acceptors (Lipinski definition) is 6. The van der Waals surface area contributed by atoms with Crippen LogP contribution in [0, 0.1) is 13.8 Å². The predicted octanol–water partition coefficient (Wildman–Crippen LogP) is 6.97. The van der Waals surface area contributed by atoms with Gasteiger partial charge in [0.2, 0.25) is 0 Å². The van der Waals surface area contributed by atoms with Crippen LogP contribution in [0.25, 0.3) is 16.7 Å². The molecule has 1 saturated carbocycles. The summed E-state index contributed by atoms with van der Waals surface area (Å²) in [7, 11) is 0. The fourth-order valence-corrected chi connectivity index (χ4v) is 5.60. The third-order valence-electron chi connectivity index (χ3n) is 7.49. The van der Waals surface area contributed by atoms with Crippen molar-refractivity contribution in [1.29, 1.82) is 0 Å². The standard InChI is InChI=1S/C17H18F2N6.C11H21N.C2H6/c1-4-11(15-9(2)21-8-22-16(15)20)12-5-6-13-17(24-12)25(7-14(18)19)10(3)23-13;1-3-7-11(8-4-1)12-9-5-2-6-10-12;1-2/h4-6,8,14H,7H2,1-3H3,(H2,20,21,22);11H,1-10H2;1-2H3/b11-4-;;. The van der Waals surface area contributed by atoms with E-state index in [2.05, 4.69) is 24.8 Å². The summed E-state index contributed by atoms with van der Waals surface area (Å²) in [5, 5.41) is 0. The van der Waals surface area contributed by atoms with Gasteiger partial charge in [-0.15, -0.1) is 0 Å². The van der Waals surface area contributed by atoms with Crippen molar-refractivity contribution >= 4 is 22.6 Å². The average molecular weight is 542 g/mol. The van der Waals surface area contributed by atoms with E-state index in [1.807, 2.05) is 33.8 Å². The zero-order chi connectivity index (χ0) is 28.4. The van der Waals surface area contributed by atoms with Gasteiger partial charge in [-0.3, -0.25) is 0 Å². The number of imidazole rings is 1. The molecule has 4 heterocycles. The van der Waals surface area contributed by atoms with Crippen LogP contribution in [0.1, 0.15) is 94.9 Å². The topological polar surface area (TPSA) is 85.8 Å². The summed E-state index contributed by atoms with van der Waals surface area (Å²) in [6.07, 6.45) is 12.6. The molecule has 2 aliphatic rings. The zero-order valence-corrected chi connectivity index (χ0v) is 24.3. The summed E-state index contributed by atoms with van der Waals surface area (Å²) >= 11 is 0. The summed E-state index contributed by atoms with van der Waals surface area (Å²) in [5.41, 5.74) is 9.77. The summed E-state index contributed by atoms with van der Waals surface area (Å²) in [6.45, 7) is 11.7. The van der Waals surface area contributed by atoms with Gasteiger partial charge in [-0.1, -0.05) is 45.6 Å². The van der Waals surface area contributed by atoms with Crippen LogP contribution in [0.5, 0.6) is 0 Å². The lowest BCUT2D eigenvalue weighted by Gasteiger charge is -2.36. The molecule has 2 N–H and O–H groups in total. The number of rotatable bonds is 5. The molecule has 0 amide bonds. The maximum atomic E-state index is 12.9. The number of nitrogen functional groups attached to an aromatic ring is 1. The molecule has 5 rings (SSSR count). The molecule has 0 unspecified atom stereocenters. The Labute approximate surface area is 232 Å². The van der Waals surface area contributed by atoms with Crippen LogP contribution in [0.15, 0.2) is 24.5 Å². The lowest BCUT2D eigenvalue weighted by molar-refractivity contribution is 0.127. The van der Waals surface area contributed by atoms with Gasteiger partial charge in [0.1, 0.15) is 23.5 Å². The molecule has 0 atom stereocenters. The fraction of sp³-hybridized carbons (Fsp3) is 0.600. The van der Waals surface area contributed by atoms with Crippen molar-refractivity contribution < 1.29 is 8.78 Å². The minimum atomic E-state index is -2.48. The minimum Gasteiger partial charge on any atom is -0.383 e. The van der Waals surface area contributed by atoms with Crippen LogP contribution >= 0.6 is 0 Å². The number of pyridine rings is 1. The van der Waals surface area contributed by atoms with Gasteiger partial charge in [0, 0.05) is 17.2 Å². The number of fused-ring (bicyclic) bond motifs is 1. The number of halogens is 2. The highest BCUT2D eigenvalue weighted by atomic mass is 19.3. The van der Waals surface area contributed by atoms with Gasteiger partial charge in [0.15, 0.2) is 5.65 Å². The van der Waals surface area contributed by atoms with E-state index in [4.69, 9.17) is 5.73 Å². The van der Waals surface area contributed by atoms with Gasteiger partial charge in [-0.05, 0) is 71.7 Å². The monoisotopic (exact) mass is 541 g/mol. The molecule has 214 valence electrons.